The SMILES string of the molecule is CC#C/C=C/C1=C(C(=O)O)N2C(=O)[C@@H](NC(=O)/C(=N\OCC)c3csc(N)n3)[C@H]2SC1. The quantitative estimate of drug-likeness (QED) is 0.234. The highest BCUT2D eigenvalue weighted by Gasteiger charge is 2.54. The number of carboxylic acids is 1. The van der Waals surface area contributed by atoms with E-state index < -0.39 is 29.2 Å². The molecule has 0 saturated carbocycles. The Hall–Kier alpha value is -3.30. The number of nitrogen functional groups attached to an aromatic ring is 1. The fourth-order valence-corrected chi connectivity index (χ4v) is 4.80. The Morgan fingerprint density at radius 3 is 2.94 bits per heavy atom. The van der Waals surface area contributed by atoms with Crippen LogP contribution in [-0.4, -0.2) is 62.3 Å². The molecule has 12 heteroatoms. The van der Waals surface area contributed by atoms with Crippen LogP contribution in [0.2, 0.25) is 0 Å². The summed E-state index contributed by atoms with van der Waals surface area (Å²) in [6, 6.07) is -0.907. The average molecular weight is 462 g/mol. The van der Waals surface area contributed by atoms with Gasteiger partial charge in [0.2, 0.25) is 0 Å². The number of anilines is 1. The van der Waals surface area contributed by atoms with Gasteiger partial charge in [-0.2, -0.15) is 0 Å². The normalized spacial score (nSPS) is 20.6. The van der Waals surface area contributed by atoms with Gasteiger partial charge in [-0.3, -0.25) is 14.5 Å². The lowest BCUT2D eigenvalue weighted by molar-refractivity contribution is -0.150. The molecule has 4 N–H and O–H groups in total. The molecular formula is C19H19N5O5S2. The van der Waals surface area contributed by atoms with Crippen molar-refractivity contribution in [1.29, 1.82) is 0 Å². The molecule has 1 aromatic heterocycles. The zero-order valence-electron chi connectivity index (χ0n) is 16.6. The van der Waals surface area contributed by atoms with E-state index in [9.17, 15) is 19.5 Å². The van der Waals surface area contributed by atoms with Gasteiger partial charge in [-0.05, 0) is 31.6 Å². The number of carbonyl (C=O) groups excluding carboxylic acids is 2. The summed E-state index contributed by atoms with van der Waals surface area (Å²) in [5, 5.41) is 17.3. The second kappa shape index (κ2) is 9.67. The molecule has 2 aliphatic rings. The van der Waals surface area contributed by atoms with Crippen LogP contribution in [-0.2, 0) is 19.2 Å². The first-order valence-electron chi connectivity index (χ1n) is 9.11. The summed E-state index contributed by atoms with van der Waals surface area (Å²) >= 11 is 2.48. The van der Waals surface area contributed by atoms with E-state index in [0.29, 0.717) is 11.3 Å². The number of nitrogens with two attached hydrogens (primary N) is 1. The van der Waals surface area contributed by atoms with Crippen molar-refractivity contribution in [2.75, 3.05) is 18.1 Å². The second-order valence-corrected chi connectivity index (χ2v) is 8.19. The smallest absolute Gasteiger partial charge is 0.352 e. The summed E-state index contributed by atoms with van der Waals surface area (Å²) < 4.78 is 0. The van der Waals surface area contributed by atoms with Crippen LogP contribution in [0.5, 0.6) is 0 Å². The Balaban J connectivity index is 1.80. The number of carboxylic acid groups (broad SMARTS) is 1. The maximum Gasteiger partial charge on any atom is 0.352 e. The largest absolute Gasteiger partial charge is 0.477 e. The summed E-state index contributed by atoms with van der Waals surface area (Å²) in [6.07, 6.45) is 3.13. The lowest BCUT2D eigenvalue weighted by Crippen LogP contribution is -2.71. The average Bonchev–Trinajstić information content (AvgIpc) is 3.17. The molecule has 0 aromatic carbocycles. The van der Waals surface area contributed by atoms with Crippen LogP contribution in [0.25, 0.3) is 0 Å². The van der Waals surface area contributed by atoms with E-state index in [1.54, 1.807) is 31.4 Å². The van der Waals surface area contributed by atoms with Crippen LogP contribution in [0.15, 0.2) is 34.0 Å². The lowest BCUT2D eigenvalue weighted by Gasteiger charge is -2.49. The first-order chi connectivity index (χ1) is 14.9. The van der Waals surface area contributed by atoms with Crippen molar-refractivity contribution in [2.45, 2.75) is 25.3 Å². The number of fused-ring (bicyclic) bond motifs is 1. The molecule has 1 fully saturated rings. The van der Waals surface area contributed by atoms with Crippen LogP contribution in [0.4, 0.5) is 5.13 Å². The summed E-state index contributed by atoms with van der Waals surface area (Å²) in [6.45, 7) is 3.60. The molecule has 0 radical (unpaired) electrons. The first-order valence-corrected chi connectivity index (χ1v) is 11.0. The number of aliphatic carboxylic acids is 1. The number of hydrogen-bond donors (Lipinski definition) is 3. The van der Waals surface area contributed by atoms with Crippen molar-refractivity contribution in [3.63, 3.8) is 0 Å². The van der Waals surface area contributed by atoms with Crippen molar-refractivity contribution in [3.05, 3.63) is 34.5 Å². The summed E-state index contributed by atoms with van der Waals surface area (Å²) in [5.41, 5.74) is 6.12. The Morgan fingerprint density at radius 1 is 1.55 bits per heavy atom. The van der Waals surface area contributed by atoms with Gasteiger partial charge in [0.25, 0.3) is 11.8 Å². The molecule has 1 aromatic rings. The molecule has 10 nitrogen and oxygen atoms in total. The number of oxime groups is 1. The zero-order valence-corrected chi connectivity index (χ0v) is 18.2. The van der Waals surface area contributed by atoms with Gasteiger partial charge < -0.3 is 21.0 Å². The third kappa shape index (κ3) is 4.57. The Morgan fingerprint density at radius 2 is 2.32 bits per heavy atom. The molecule has 0 spiro atoms. The predicted molar refractivity (Wildman–Crippen MR) is 117 cm³/mol. The minimum absolute atomic E-state index is 0.108. The fraction of sp³-hybridized carbons (Fsp3) is 0.316. The number of nitrogens with zero attached hydrogens (tertiary/aromatic N) is 3. The van der Waals surface area contributed by atoms with Crippen LogP contribution < -0.4 is 11.1 Å². The molecule has 2 aliphatic heterocycles. The number of amides is 2. The summed E-state index contributed by atoms with van der Waals surface area (Å²) in [7, 11) is 0. The molecule has 2 amide bonds. The van der Waals surface area contributed by atoms with Crippen LogP contribution in [0, 0.1) is 11.8 Å². The van der Waals surface area contributed by atoms with E-state index in [0.717, 1.165) is 11.3 Å². The minimum atomic E-state index is -1.22. The third-order valence-electron chi connectivity index (χ3n) is 4.26. The lowest BCUT2D eigenvalue weighted by atomic mass is 10.0. The zero-order chi connectivity index (χ0) is 22.5. The van der Waals surface area contributed by atoms with E-state index in [4.69, 9.17) is 10.6 Å². The van der Waals surface area contributed by atoms with Crippen molar-refractivity contribution >= 4 is 51.7 Å². The van der Waals surface area contributed by atoms with E-state index in [2.05, 4.69) is 27.3 Å². The topological polar surface area (TPSA) is 147 Å². The van der Waals surface area contributed by atoms with Gasteiger partial charge in [0.05, 0.1) is 0 Å². The number of aromatic nitrogens is 1. The van der Waals surface area contributed by atoms with Crippen LogP contribution in [0.3, 0.4) is 0 Å². The van der Waals surface area contributed by atoms with Crippen LogP contribution in [0.1, 0.15) is 19.5 Å². The van der Waals surface area contributed by atoms with Gasteiger partial charge in [-0.15, -0.1) is 29.0 Å². The molecule has 1 saturated heterocycles. The molecule has 0 unspecified atom stereocenters. The van der Waals surface area contributed by atoms with Crippen molar-refractivity contribution in [1.82, 2.24) is 15.2 Å². The summed E-state index contributed by atoms with van der Waals surface area (Å²) in [5.74, 6) is 3.36. The molecule has 31 heavy (non-hydrogen) atoms. The third-order valence-corrected chi connectivity index (χ3v) is 6.24. The highest BCUT2D eigenvalue weighted by Crippen LogP contribution is 2.40. The van der Waals surface area contributed by atoms with E-state index in [-0.39, 0.29) is 28.8 Å². The molecule has 162 valence electrons. The molecular weight excluding hydrogens is 442 g/mol. The predicted octanol–water partition coefficient (Wildman–Crippen LogP) is 0.784. The number of thioether (sulfide) groups is 1. The number of nitrogens with one attached hydrogen (secondary N) is 1. The fourth-order valence-electron chi connectivity index (χ4n) is 2.94. The van der Waals surface area contributed by atoms with Crippen molar-refractivity contribution < 1.29 is 24.3 Å². The first kappa shape index (κ1) is 22.4. The van der Waals surface area contributed by atoms with E-state index in [1.807, 2.05) is 0 Å². The van der Waals surface area contributed by atoms with Gasteiger partial charge in [-0.1, -0.05) is 11.1 Å². The Bertz CT molecular complexity index is 1070. The van der Waals surface area contributed by atoms with Gasteiger partial charge in [0.15, 0.2) is 10.8 Å². The maximum absolute atomic E-state index is 12.8. The second-order valence-electron chi connectivity index (χ2n) is 6.20. The van der Waals surface area contributed by atoms with Crippen molar-refractivity contribution in [3.8, 4) is 11.8 Å². The molecule has 3 heterocycles. The number of hydrogen-bond acceptors (Lipinski definition) is 9. The highest BCUT2D eigenvalue weighted by molar-refractivity contribution is 8.00. The van der Waals surface area contributed by atoms with E-state index >= 15 is 0 Å². The monoisotopic (exact) mass is 461 g/mol. The van der Waals surface area contributed by atoms with Gasteiger partial charge in [0, 0.05) is 11.1 Å². The van der Waals surface area contributed by atoms with Gasteiger partial charge in [-0.25, -0.2) is 9.78 Å². The molecule has 3 rings (SSSR count). The van der Waals surface area contributed by atoms with Gasteiger partial charge in [0.1, 0.15) is 29.4 Å². The number of allylic oxidation sites excluding steroid dienone is 2. The van der Waals surface area contributed by atoms with Crippen molar-refractivity contribution in [2.24, 2.45) is 5.16 Å². The number of carbonyl (C=O) groups is 3. The Labute approximate surface area is 186 Å². The number of thiazole rings is 1. The molecule has 2 atom stereocenters. The summed E-state index contributed by atoms with van der Waals surface area (Å²) in [4.78, 5) is 47.6. The standard InChI is InChI=1S/C19H19N5O5S2/c1-3-5-6-7-10-8-30-17-13(16(26)24(17)14(10)18(27)28)22-15(25)12(23-29-4-2)11-9-31-19(20)21-11/h6-7,9,13,17H,4,8H2,1-2H3,(H2,20,21)(H,22,25)(H,27,28)/b7-6+,23-12-/t13-,17-/m1/s1. The number of β-lactam (4-membered cyclic amide) rings is 1. The van der Waals surface area contributed by atoms with Gasteiger partial charge >= 0.3 is 5.97 Å². The van der Waals surface area contributed by atoms with E-state index in [1.165, 1.54) is 16.7 Å². The molecule has 0 aliphatic carbocycles. The minimum Gasteiger partial charge on any atom is -0.477 e. The maximum atomic E-state index is 12.8. The molecule has 0 bridgehead atoms. The highest BCUT2D eigenvalue weighted by atomic mass is 32.2. The Kier molecular flexibility index (Phi) is 6.98. The number of rotatable bonds is 7. The van der Waals surface area contributed by atoms with Crippen LogP contribution >= 0.6 is 23.1 Å².